The van der Waals surface area contributed by atoms with Crippen molar-refractivity contribution in [1.29, 1.82) is 0 Å². The van der Waals surface area contributed by atoms with Crippen LogP contribution in [0.25, 0.3) is 89.7 Å². The van der Waals surface area contributed by atoms with E-state index < -0.39 is 0 Å². The molecule has 4 amide bonds. The van der Waals surface area contributed by atoms with E-state index in [1.165, 1.54) is 48.7 Å². The summed E-state index contributed by atoms with van der Waals surface area (Å²) in [6.07, 6.45) is 18.3. The molecule has 4 fully saturated rings. The Balaban J connectivity index is 0.891. The molecule has 8 bridgehead atoms. The standard InChI is InChI=1S/C64H70N12O4S8/c77-53(13-5-1-9-41-25-29-81-85-41)65-37-17-21-45-49(33-37)61-69-57(45)74-62-51-35-39(67-55(79)15-7-3-11-43-27-31-83-87-43)19-23-47(51)59(71-62)76-64-52-36-40(68-56(80)16-8-4-12-44-28-32-84-88-44)20-24-48(52)60(72-64)75-63-50-34-38(18-22-46(50)58(70-63)73-61)66-54(78)14-6-2-10-42-26-30-82-86-42/h17-24,33-36,41-44H,1-16,25-32H2,(H,65,77)(H,66,78)(H,67,79)(H,68,80)(H2,69,70,71,72,73,74,75,76). The minimum Gasteiger partial charge on any atom is -0.326 e. The Labute approximate surface area is 543 Å². The van der Waals surface area contributed by atoms with Crippen LogP contribution in [0.5, 0.6) is 0 Å². The highest BCUT2D eigenvalue weighted by atomic mass is 33.1. The fourth-order valence-electron chi connectivity index (χ4n) is 11.9. The SMILES string of the molecule is O=C(CCCCC1CCSS1)Nc1ccc2c(c1)-c1nc-2nc2[nH]c(nc3nc(nc4[nH]c(n1)c1ccc(NC(=O)CCCCC5CCSS5)cc41)-c1ccc(NC(=O)CCCCC4CCSS4)cc1-3)c1ccc(NC(=O)CCCCC3CCSS3)cc21. The van der Waals surface area contributed by atoms with Crippen LogP contribution >= 0.6 is 86.4 Å². The maximum absolute atomic E-state index is 13.5. The van der Waals surface area contributed by atoms with E-state index >= 15 is 0 Å². The minimum absolute atomic E-state index is 0.0500. The van der Waals surface area contributed by atoms with Crippen molar-refractivity contribution in [3.63, 3.8) is 0 Å². The number of hydrogen-bond acceptors (Lipinski definition) is 18. The molecule has 7 aromatic rings. The van der Waals surface area contributed by atoms with Crippen LogP contribution < -0.4 is 21.3 Å². The maximum atomic E-state index is 13.5. The predicted molar refractivity (Wildman–Crippen MR) is 378 cm³/mol. The Bertz CT molecular complexity index is 3670. The van der Waals surface area contributed by atoms with Crippen molar-refractivity contribution in [2.24, 2.45) is 0 Å². The van der Waals surface area contributed by atoms with Gasteiger partial charge in [0, 0.05) is 136 Å². The third-order valence-corrected chi connectivity index (χ3v) is 28.6. The normalized spacial score (nSPS) is 18.6. The Hall–Kier alpha value is -5.08. The van der Waals surface area contributed by atoms with Crippen LogP contribution in [-0.2, 0) is 19.2 Å². The lowest BCUT2D eigenvalue weighted by atomic mass is 10.1. The fourth-order valence-corrected chi connectivity index (χ4v) is 24.0. The first-order valence-electron chi connectivity index (χ1n) is 30.9. The first kappa shape index (κ1) is 61.8. The van der Waals surface area contributed by atoms with E-state index in [0.29, 0.717) is 148 Å². The number of amides is 4. The highest BCUT2D eigenvalue weighted by Crippen LogP contribution is 2.44. The van der Waals surface area contributed by atoms with Gasteiger partial charge in [-0.1, -0.05) is 112 Å². The zero-order valence-electron chi connectivity index (χ0n) is 48.8. The summed E-state index contributed by atoms with van der Waals surface area (Å²) in [6.45, 7) is 0. The number of benzene rings is 4. The molecule has 458 valence electrons. The van der Waals surface area contributed by atoms with E-state index in [1.807, 2.05) is 159 Å². The molecule has 4 saturated heterocycles. The number of unbranched alkanes of at least 4 members (excludes halogenated alkanes) is 4. The zero-order valence-corrected chi connectivity index (χ0v) is 55.3. The molecule has 24 heteroatoms. The largest absolute Gasteiger partial charge is 0.326 e. The van der Waals surface area contributed by atoms with Crippen LogP contribution in [0.4, 0.5) is 22.7 Å². The van der Waals surface area contributed by atoms with Crippen molar-refractivity contribution in [1.82, 2.24) is 39.9 Å². The van der Waals surface area contributed by atoms with Crippen molar-refractivity contribution >= 4 is 177 Å². The smallest absolute Gasteiger partial charge is 0.224 e. The van der Waals surface area contributed by atoms with E-state index in [1.54, 1.807) is 0 Å². The maximum Gasteiger partial charge on any atom is 0.224 e. The van der Waals surface area contributed by atoms with Crippen molar-refractivity contribution in [2.75, 3.05) is 44.3 Å². The average molecular weight is 1330 g/mol. The molecule has 6 aliphatic heterocycles. The molecule has 0 spiro atoms. The summed E-state index contributed by atoms with van der Waals surface area (Å²) in [5, 5.41) is 18.2. The van der Waals surface area contributed by atoms with Gasteiger partial charge in [-0.15, -0.1) is 0 Å². The van der Waals surface area contributed by atoms with Gasteiger partial charge < -0.3 is 31.2 Å². The van der Waals surface area contributed by atoms with Gasteiger partial charge in [-0.3, -0.25) is 19.2 Å². The Morgan fingerprint density at radius 2 is 0.648 bits per heavy atom. The summed E-state index contributed by atoms with van der Waals surface area (Å²) < 4.78 is 0. The Morgan fingerprint density at radius 3 is 0.966 bits per heavy atom. The van der Waals surface area contributed by atoms with Crippen LogP contribution in [0.15, 0.2) is 72.8 Å². The summed E-state index contributed by atoms with van der Waals surface area (Å²) in [5.41, 5.74) is 7.08. The van der Waals surface area contributed by atoms with Crippen LogP contribution in [-0.4, -0.2) is 108 Å². The van der Waals surface area contributed by atoms with Gasteiger partial charge in [0.1, 0.15) is 22.6 Å². The van der Waals surface area contributed by atoms with Gasteiger partial charge in [0.15, 0.2) is 23.3 Å². The quantitative estimate of drug-likeness (QED) is 0.0244. The fraction of sp³-hybridized carbons (Fsp3) is 0.438. The lowest BCUT2D eigenvalue weighted by Gasteiger charge is -2.09. The first-order valence-corrected chi connectivity index (χ1v) is 40.4. The second kappa shape index (κ2) is 29.5. The predicted octanol–water partition coefficient (Wildman–Crippen LogP) is 17.5. The van der Waals surface area contributed by atoms with Crippen molar-refractivity contribution in [3.05, 3.63) is 72.8 Å². The van der Waals surface area contributed by atoms with Gasteiger partial charge in [-0.2, -0.15) is 0 Å². The number of aromatic amines is 2. The van der Waals surface area contributed by atoms with Crippen LogP contribution in [0.2, 0.25) is 0 Å². The molecule has 6 N–H and O–H groups in total. The third kappa shape index (κ3) is 15.4. The summed E-state index contributed by atoms with van der Waals surface area (Å²) in [4.78, 5) is 92.7. The van der Waals surface area contributed by atoms with Gasteiger partial charge in [-0.05, 0) is 150 Å². The number of hydrogen-bond donors (Lipinski definition) is 6. The van der Waals surface area contributed by atoms with Gasteiger partial charge in [-0.25, -0.2) is 29.9 Å². The number of rotatable bonds is 24. The molecule has 88 heavy (non-hydrogen) atoms. The summed E-state index contributed by atoms with van der Waals surface area (Å²) in [5.74, 6) is 6.07. The van der Waals surface area contributed by atoms with Gasteiger partial charge in [0.25, 0.3) is 0 Å². The average Bonchev–Trinajstić information content (AvgIpc) is 2.12. The molecule has 9 heterocycles. The minimum atomic E-state index is -0.0519. The van der Waals surface area contributed by atoms with Gasteiger partial charge in [0.05, 0.1) is 0 Å². The molecular weight excluding hydrogens is 1260 g/mol. The van der Waals surface area contributed by atoms with Crippen molar-refractivity contribution in [3.8, 4) is 45.6 Å². The van der Waals surface area contributed by atoms with Crippen molar-refractivity contribution < 1.29 is 19.2 Å². The highest BCUT2D eigenvalue weighted by Gasteiger charge is 2.26. The molecule has 0 aliphatic carbocycles. The topological polar surface area (TPSA) is 225 Å². The number of H-pyrrole nitrogens is 2. The second-order valence-electron chi connectivity index (χ2n) is 23.1. The Morgan fingerprint density at radius 1 is 0.352 bits per heavy atom. The monoisotopic (exact) mass is 1330 g/mol. The van der Waals surface area contributed by atoms with E-state index in [-0.39, 0.29) is 23.6 Å². The Kier molecular flexibility index (Phi) is 20.7. The lowest BCUT2D eigenvalue weighted by Crippen LogP contribution is -2.11. The summed E-state index contributed by atoms with van der Waals surface area (Å²) >= 11 is 0. The van der Waals surface area contributed by atoms with E-state index in [4.69, 9.17) is 29.9 Å². The summed E-state index contributed by atoms with van der Waals surface area (Å²) in [7, 11) is 15.7. The molecule has 16 nitrogen and oxygen atoms in total. The van der Waals surface area contributed by atoms with Gasteiger partial charge >= 0.3 is 0 Å². The van der Waals surface area contributed by atoms with E-state index in [2.05, 4.69) is 31.2 Å². The molecule has 4 atom stereocenters. The van der Waals surface area contributed by atoms with Crippen LogP contribution in [0.3, 0.4) is 0 Å². The molecule has 0 radical (unpaired) electrons. The highest BCUT2D eigenvalue weighted by molar-refractivity contribution is 8.78. The molecular formula is C64H70N12O4S8. The molecule has 13 rings (SSSR count). The lowest BCUT2D eigenvalue weighted by molar-refractivity contribution is -0.117. The number of nitrogens with one attached hydrogen (secondary N) is 6. The number of fused-ring (bicyclic) bond motifs is 20. The third-order valence-electron chi connectivity index (χ3n) is 16.6. The van der Waals surface area contributed by atoms with Crippen LogP contribution in [0, 0.1) is 0 Å². The zero-order chi connectivity index (χ0) is 59.8. The number of nitrogens with zero attached hydrogens (tertiary/aromatic N) is 6. The number of anilines is 4. The molecule has 4 aromatic carbocycles. The molecule has 0 saturated carbocycles. The number of carbonyl (C=O) groups is 4. The van der Waals surface area contributed by atoms with Crippen molar-refractivity contribution in [2.45, 2.75) is 149 Å². The molecule has 4 unspecified atom stereocenters. The molecule has 6 aliphatic rings. The second-order valence-corrected chi connectivity index (χ2v) is 34.3. The van der Waals surface area contributed by atoms with Gasteiger partial charge in [0.2, 0.25) is 23.6 Å². The van der Waals surface area contributed by atoms with E-state index in [0.717, 1.165) is 87.8 Å². The molecule has 3 aromatic heterocycles. The first-order chi connectivity index (χ1) is 43.2. The number of aromatic nitrogens is 8. The van der Waals surface area contributed by atoms with Crippen LogP contribution in [0.1, 0.15) is 128 Å². The summed E-state index contributed by atoms with van der Waals surface area (Å²) in [6, 6.07) is 22.9. The number of carbonyl (C=O) groups excluding carboxylic acids is 4. The van der Waals surface area contributed by atoms with E-state index in [9.17, 15) is 19.2 Å².